The Labute approximate surface area is 59.4 Å². The molecule has 0 aliphatic heterocycles. The Hall–Kier alpha value is -0.313. The monoisotopic (exact) mass is 145 g/mol. The van der Waals surface area contributed by atoms with Crippen molar-refractivity contribution in [1.29, 1.82) is 0 Å². The lowest BCUT2D eigenvalue weighted by Gasteiger charge is -2.12. The van der Waals surface area contributed by atoms with Crippen molar-refractivity contribution in [3.8, 4) is 0 Å². The van der Waals surface area contributed by atoms with Gasteiger partial charge in [-0.1, -0.05) is 20.8 Å². The molecule has 0 heterocycles. The van der Waals surface area contributed by atoms with Crippen molar-refractivity contribution in [3.63, 3.8) is 0 Å². The minimum Gasteiger partial charge on any atom is -0.411 e. The molecule has 54 valence electrons. The lowest BCUT2D eigenvalue weighted by atomic mass is 10.00. The molecular weight excluding hydrogens is 130 g/mol. The van der Waals surface area contributed by atoms with Gasteiger partial charge >= 0.3 is 0 Å². The van der Waals surface area contributed by atoms with Crippen molar-refractivity contribution >= 4 is 15.6 Å². The summed E-state index contributed by atoms with van der Waals surface area (Å²) in [6, 6.07) is 0. The molecule has 2 nitrogen and oxygen atoms in total. The fourth-order valence-electron chi connectivity index (χ4n) is 0.573. The molecule has 0 saturated carbocycles. The third-order valence-electron chi connectivity index (χ3n) is 1.82. The van der Waals surface area contributed by atoms with Crippen LogP contribution < -0.4 is 0 Å². The maximum atomic E-state index is 8.38. The van der Waals surface area contributed by atoms with Crippen LogP contribution in [0.1, 0.15) is 20.8 Å². The minimum absolute atomic E-state index is 0.446. The Balaban J connectivity index is 3.88. The molecule has 0 aromatic rings. The van der Waals surface area contributed by atoms with Crippen LogP contribution in [-0.4, -0.2) is 20.8 Å². The lowest BCUT2D eigenvalue weighted by molar-refractivity contribution is 0.314. The zero-order valence-corrected chi connectivity index (χ0v) is 8.55. The summed E-state index contributed by atoms with van der Waals surface area (Å²) < 4.78 is 0. The zero-order valence-electron chi connectivity index (χ0n) is 6.55. The molecule has 0 rings (SSSR count). The van der Waals surface area contributed by atoms with Gasteiger partial charge in [0, 0.05) is 5.33 Å². The van der Waals surface area contributed by atoms with Crippen molar-refractivity contribution in [2.24, 2.45) is 17.0 Å². The van der Waals surface area contributed by atoms with Crippen LogP contribution in [0.4, 0.5) is 0 Å². The lowest BCUT2D eigenvalue weighted by Crippen LogP contribution is -2.16. The van der Waals surface area contributed by atoms with Gasteiger partial charge in [0.05, 0.1) is 10.2 Å². The first-order chi connectivity index (χ1) is 4.09. The first kappa shape index (κ1) is 8.69. The Morgan fingerprint density at radius 1 is 1.44 bits per heavy atom. The summed E-state index contributed by atoms with van der Waals surface area (Å²) in [5.74, 6) is 1.04. The first-order valence-corrected chi connectivity index (χ1v) is 4.28. The van der Waals surface area contributed by atoms with E-state index in [2.05, 4.69) is 25.9 Å². The second-order valence-corrected chi connectivity index (χ2v) is 3.80. The molecule has 0 saturated heterocycles. The van der Waals surface area contributed by atoms with Crippen LogP contribution in [0, 0.1) is 11.8 Å². The normalized spacial score (nSPS) is 16.7. The van der Waals surface area contributed by atoms with Gasteiger partial charge in [0.15, 0.2) is 0 Å². The summed E-state index contributed by atoms with van der Waals surface area (Å²) >= 11 is 0. The van der Waals surface area contributed by atoms with Gasteiger partial charge in [0.1, 0.15) is 0 Å². The Morgan fingerprint density at radius 2 is 1.89 bits per heavy atom. The highest BCUT2D eigenvalue weighted by atomic mass is 28.1. The predicted octanol–water partition coefficient (Wildman–Crippen LogP) is 0.432. The van der Waals surface area contributed by atoms with Crippen LogP contribution in [-0.2, 0) is 0 Å². The van der Waals surface area contributed by atoms with Crippen LogP contribution in [0.2, 0.25) is 0 Å². The number of hydrogen-bond acceptors (Lipinski definition) is 2. The minimum atomic E-state index is 0.446. The summed E-state index contributed by atoms with van der Waals surface area (Å²) in [5, 5.41) is 12.5. The third-order valence-corrected chi connectivity index (χ3v) is 2.93. The Bertz CT molecular complexity index is 112. The number of hydrogen-bond donors (Lipinski definition) is 1. The van der Waals surface area contributed by atoms with Crippen LogP contribution in [0.15, 0.2) is 5.16 Å². The quantitative estimate of drug-likeness (QED) is 0.260. The van der Waals surface area contributed by atoms with E-state index in [-0.39, 0.29) is 0 Å². The second kappa shape index (κ2) is 3.66. The van der Waals surface area contributed by atoms with E-state index in [0.29, 0.717) is 11.8 Å². The topological polar surface area (TPSA) is 32.6 Å². The van der Waals surface area contributed by atoms with Crippen molar-refractivity contribution in [1.82, 2.24) is 0 Å². The highest BCUT2D eigenvalue weighted by Gasteiger charge is 2.09. The Morgan fingerprint density at radius 3 is 2.00 bits per heavy atom. The standard InChI is InChI=1S/C6H15NOSi/c1-4(2)5(3)6(9)7-8/h4-5,8H,1-3,9H3. The van der Waals surface area contributed by atoms with Crippen LogP contribution >= 0.6 is 0 Å². The van der Waals surface area contributed by atoms with E-state index < -0.39 is 0 Å². The van der Waals surface area contributed by atoms with Gasteiger partial charge in [-0.05, 0) is 11.8 Å². The molecule has 0 amide bonds. The van der Waals surface area contributed by atoms with E-state index in [4.69, 9.17) is 5.21 Å². The van der Waals surface area contributed by atoms with Crippen molar-refractivity contribution in [2.45, 2.75) is 20.8 Å². The summed E-state index contributed by atoms with van der Waals surface area (Å²) in [5.41, 5.74) is 0. The van der Waals surface area contributed by atoms with Crippen molar-refractivity contribution < 1.29 is 5.21 Å². The molecule has 9 heavy (non-hydrogen) atoms. The number of rotatable bonds is 2. The summed E-state index contributed by atoms with van der Waals surface area (Å²) in [7, 11) is 0.871. The highest BCUT2D eigenvalue weighted by molar-refractivity contribution is 6.60. The first-order valence-electron chi connectivity index (χ1n) is 3.28. The maximum Gasteiger partial charge on any atom is 0.0617 e. The highest BCUT2D eigenvalue weighted by Crippen LogP contribution is 2.09. The Kier molecular flexibility index (Phi) is 3.54. The van der Waals surface area contributed by atoms with E-state index in [0.717, 1.165) is 15.6 Å². The molecule has 0 bridgehead atoms. The fourth-order valence-corrected chi connectivity index (χ4v) is 1.24. The predicted molar refractivity (Wildman–Crippen MR) is 43.2 cm³/mol. The molecule has 1 N–H and O–H groups in total. The van der Waals surface area contributed by atoms with Crippen molar-refractivity contribution in [3.05, 3.63) is 0 Å². The smallest absolute Gasteiger partial charge is 0.0617 e. The van der Waals surface area contributed by atoms with Crippen LogP contribution in [0.25, 0.3) is 0 Å². The fraction of sp³-hybridized carbons (Fsp3) is 0.833. The summed E-state index contributed by atoms with van der Waals surface area (Å²) in [4.78, 5) is 0. The van der Waals surface area contributed by atoms with Gasteiger partial charge < -0.3 is 5.21 Å². The maximum absolute atomic E-state index is 8.38. The molecule has 0 fully saturated rings. The van der Waals surface area contributed by atoms with Crippen molar-refractivity contribution in [2.75, 3.05) is 0 Å². The van der Waals surface area contributed by atoms with E-state index in [1.807, 2.05) is 0 Å². The van der Waals surface area contributed by atoms with E-state index >= 15 is 0 Å². The van der Waals surface area contributed by atoms with E-state index in [1.54, 1.807) is 0 Å². The SMILES string of the molecule is CC(C)C(C)C([SiH3])=NO. The van der Waals surface area contributed by atoms with Gasteiger partial charge in [0.25, 0.3) is 0 Å². The molecule has 3 heteroatoms. The summed E-state index contributed by atoms with van der Waals surface area (Å²) in [6.45, 7) is 6.36. The second-order valence-electron chi connectivity index (χ2n) is 2.77. The number of oxime groups is 1. The third kappa shape index (κ3) is 2.65. The average Bonchev–Trinajstić information content (AvgIpc) is 1.84. The van der Waals surface area contributed by atoms with Gasteiger partial charge in [-0.25, -0.2) is 0 Å². The van der Waals surface area contributed by atoms with Gasteiger partial charge in [-0.2, -0.15) is 0 Å². The zero-order chi connectivity index (χ0) is 7.44. The molecule has 0 aliphatic rings. The molecule has 0 radical (unpaired) electrons. The van der Waals surface area contributed by atoms with E-state index in [9.17, 15) is 0 Å². The van der Waals surface area contributed by atoms with Gasteiger partial charge in [0.2, 0.25) is 0 Å². The molecule has 0 aromatic carbocycles. The molecular formula is C6H15NOSi. The molecule has 1 unspecified atom stereocenters. The summed E-state index contributed by atoms with van der Waals surface area (Å²) in [6.07, 6.45) is 0. The molecule has 0 spiro atoms. The van der Waals surface area contributed by atoms with E-state index in [1.165, 1.54) is 0 Å². The largest absolute Gasteiger partial charge is 0.411 e. The van der Waals surface area contributed by atoms with Gasteiger partial charge in [-0.15, -0.1) is 5.16 Å². The molecule has 0 aromatic heterocycles. The average molecular weight is 145 g/mol. The van der Waals surface area contributed by atoms with Crippen LogP contribution in [0.5, 0.6) is 0 Å². The molecule has 0 aliphatic carbocycles. The van der Waals surface area contributed by atoms with Crippen LogP contribution in [0.3, 0.4) is 0 Å². The van der Waals surface area contributed by atoms with Gasteiger partial charge in [-0.3, -0.25) is 0 Å². The molecule has 1 atom stereocenters. The number of nitrogens with zero attached hydrogens (tertiary/aromatic N) is 1.